The molecule has 9 atom stereocenters. The fraction of sp³-hybridized carbons (Fsp3) is 0.634. The summed E-state index contributed by atoms with van der Waals surface area (Å²) in [6.45, 7) is 11.1. The van der Waals surface area contributed by atoms with Gasteiger partial charge < -0.3 is 57.9 Å². The molecule has 8 amide bonds. The number of aliphatic hydroxyl groups excluding tert-OH is 1. The van der Waals surface area contributed by atoms with Crippen molar-refractivity contribution < 1.29 is 58.5 Å². The molecule has 0 bridgehead atoms. The highest BCUT2D eigenvalue weighted by Crippen LogP contribution is 2.24. The van der Waals surface area contributed by atoms with Crippen LogP contribution in [0.3, 0.4) is 0 Å². The molecule has 1 aromatic rings. The Morgan fingerprint density at radius 2 is 1.37 bits per heavy atom. The minimum atomic E-state index is -1.79. The van der Waals surface area contributed by atoms with E-state index in [4.69, 9.17) is 0 Å². The first-order valence-electron chi connectivity index (χ1n) is 20.9. The molecule has 2 saturated heterocycles. The summed E-state index contributed by atoms with van der Waals surface area (Å²) in [7, 11) is 0. The lowest BCUT2D eigenvalue weighted by Gasteiger charge is -2.36. The Balaban J connectivity index is 2.10. The number of rotatable bonds is 10. The molecule has 0 saturated carbocycles. The number of hydrogen-bond donors (Lipinski definition) is 11. The molecule has 62 heavy (non-hydrogen) atoms. The molecular formula is C41H63N9O12. The Morgan fingerprint density at radius 1 is 0.758 bits per heavy atom. The van der Waals surface area contributed by atoms with Crippen LogP contribution in [0.15, 0.2) is 24.3 Å². The molecule has 2 aliphatic heterocycles. The SMILES string of the molecule is CC(C)CNC(=O)[C@@H]1[C@H](C)NC(=O)[C@H]([C@@H](C)O)NC(=O)[C@H](CC(=O)O)NC(=O)[C@H](CC(C)C)NC(=O)CNC(=O)[C@H](C)NC(=O)[C@H](Cc2ccc(O)cc2)NC(=O)[C@@H]2CCCN12. The number of hydrogen-bond acceptors (Lipinski definition) is 12. The summed E-state index contributed by atoms with van der Waals surface area (Å²) in [4.78, 5) is 123. The van der Waals surface area contributed by atoms with Crippen LogP contribution in [0.1, 0.15) is 79.7 Å². The molecule has 21 nitrogen and oxygen atoms in total. The topological polar surface area (TPSA) is 314 Å². The lowest BCUT2D eigenvalue weighted by molar-refractivity contribution is -0.141. The Bertz CT molecular complexity index is 1790. The number of carboxylic acid groups (broad SMARTS) is 1. The zero-order valence-corrected chi connectivity index (χ0v) is 36.3. The number of carboxylic acids is 1. The van der Waals surface area contributed by atoms with Crippen molar-refractivity contribution in [3.63, 3.8) is 0 Å². The molecule has 344 valence electrons. The van der Waals surface area contributed by atoms with E-state index >= 15 is 0 Å². The van der Waals surface area contributed by atoms with Crippen LogP contribution in [0, 0.1) is 11.8 Å². The zero-order chi connectivity index (χ0) is 46.4. The minimum Gasteiger partial charge on any atom is -0.508 e. The van der Waals surface area contributed by atoms with Crippen molar-refractivity contribution in [2.45, 2.75) is 135 Å². The highest BCUT2D eigenvalue weighted by molar-refractivity contribution is 5.98. The van der Waals surface area contributed by atoms with Crippen molar-refractivity contribution in [2.24, 2.45) is 11.8 Å². The van der Waals surface area contributed by atoms with E-state index in [1.54, 1.807) is 30.9 Å². The molecule has 0 aromatic heterocycles. The van der Waals surface area contributed by atoms with Gasteiger partial charge in [-0.15, -0.1) is 0 Å². The number of phenols is 1. The Morgan fingerprint density at radius 3 is 1.97 bits per heavy atom. The maximum absolute atomic E-state index is 14.2. The van der Waals surface area contributed by atoms with Gasteiger partial charge in [0.15, 0.2) is 0 Å². The lowest BCUT2D eigenvalue weighted by Crippen LogP contribution is -2.64. The number of fused-ring (bicyclic) bond motifs is 1. The van der Waals surface area contributed by atoms with Gasteiger partial charge in [-0.05, 0) is 76.1 Å². The van der Waals surface area contributed by atoms with Crippen molar-refractivity contribution in [2.75, 3.05) is 19.6 Å². The molecule has 11 N–H and O–H groups in total. The van der Waals surface area contributed by atoms with Gasteiger partial charge in [0, 0.05) is 13.0 Å². The van der Waals surface area contributed by atoms with Crippen LogP contribution in [0.25, 0.3) is 0 Å². The third-order valence-electron chi connectivity index (χ3n) is 10.4. The van der Waals surface area contributed by atoms with E-state index in [1.165, 1.54) is 32.9 Å². The van der Waals surface area contributed by atoms with Gasteiger partial charge in [-0.2, -0.15) is 0 Å². The number of amides is 8. The summed E-state index contributed by atoms with van der Waals surface area (Å²) >= 11 is 0. The van der Waals surface area contributed by atoms with Gasteiger partial charge in [0.2, 0.25) is 47.3 Å². The van der Waals surface area contributed by atoms with E-state index in [0.29, 0.717) is 12.0 Å². The van der Waals surface area contributed by atoms with Crippen molar-refractivity contribution in [3.8, 4) is 5.75 Å². The second kappa shape index (κ2) is 23.4. The van der Waals surface area contributed by atoms with Gasteiger partial charge in [-0.25, -0.2) is 0 Å². The van der Waals surface area contributed by atoms with Crippen LogP contribution in [0.5, 0.6) is 5.75 Å². The van der Waals surface area contributed by atoms with Gasteiger partial charge in [0.1, 0.15) is 42.0 Å². The number of aliphatic carboxylic acids is 1. The Kier molecular flexibility index (Phi) is 19.1. The van der Waals surface area contributed by atoms with Crippen molar-refractivity contribution >= 4 is 53.2 Å². The van der Waals surface area contributed by atoms with Crippen molar-refractivity contribution in [3.05, 3.63) is 29.8 Å². The molecule has 21 heteroatoms. The molecule has 2 fully saturated rings. The first-order valence-corrected chi connectivity index (χ1v) is 20.9. The number of nitrogens with zero attached hydrogens (tertiary/aromatic N) is 1. The summed E-state index contributed by atoms with van der Waals surface area (Å²) in [5.74, 6) is -8.35. The molecule has 2 heterocycles. The second-order valence-corrected chi connectivity index (χ2v) is 16.8. The minimum absolute atomic E-state index is 0.0193. The number of benzene rings is 1. The van der Waals surface area contributed by atoms with Gasteiger partial charge in [0.25, 0.3) is 0 Å². The number of nitrogens with one attached hydrogen (secondary N) is 8. The molecule has 2 aliphatic rings. The molecule has 1 aromatic carbocycles. The zero-order valence-electron chi connectivity index (χ0n) is 36.3. The van der Waals surface area contributed by atoms with Gasteiger partial charge in [-0.1, -0.05) is 39.8 Å². The lowest BCUT2D eigenvalue weighted by atomic mass is 10.0. The number of carbonyl (C=O) groups excluding carboxylic acids is 8. The fourth-order valence-corrected chi connectivity index (χ4v) is 7.18. The molecule has 3 rings (SSSR count). The summed E-state index contributed by atoms with van der Waals surface area (Å²) in [5, 5.41) is 50.5. The van der Waals surface area contributed by atoms with E-state index in [9.17, 15) is 58.5 Å². The number of carbonyl (C=O) groups is 9. The summed E-state index contributed by atoms with van der Waals surface area (Å²) in [5.41, 5.74) is 0.546. The largest absolute Gasteiger partial charge is 0.508 e. The molecule has 0 unspecified atom stereocenters. The Hall–Kier alpha value is -5.83. The third kappa shape index (κ3) is 15.3. The van der Waals surface area contributed by atoms with E-state index < -0.39 is 121 Å². The van der Waals surface area contributed by atoms with Gasteiger partial charge >= 0.3 is 5.97 Å². The smallest absolute Gasteiger partial charge is 0.305 e. The quantitative estimate of drug-likeness (QED) is 0.116. The van der Waals surface area contributed by atoms with Crippen LogP contribution >= 0.6 is 0 Å². The highest BCUT2D eigenvalue weighted by atomic mass is 16.4. The Labute approximate surface area is 360 Å². The monoisotopic (exact) mass is 873 g/mol. The standard InChI is InChI=1S/C41H63N9O12/c1-20(2)15-27-37(58)47-29(17-32(54)55)38(59)49-33(24(7)51)40(61)44-22(5)34(41(62)42-18-21(3)4)50-14-8-9-30(50)39(60)48-28(16-25-10-12-26(52)13-11-25)36(57)45-23(6)35(56)43-19-31(53)46-27/h10-13,20-24,27-30,33-34,51-52H,8-9,14-19H2,1-7H3,(H,42,62)(H,43,56)(H,44,61)(H,45,57)(H,46,53)(H,47,58)(H,48,60)(H,49,59)(H,54,55)/t22-,23-,24+,27-,28-,29-,30-,33-,34-/m0/s1. The average Bonchev–Trinajstić information content (AvgIpc) is 3.66. The molecular weight excluding hydrogens is 811 g/mol. The van der Waals surface area contributed by atoms with E-state index in [0.717, 1.165) is 0 Å². The van der Waals surface area contributed by atoms with Crippen molar-refractivity contribution in [1.82, 2.24) is 47.4 Å². The second-order valence-electron chi connectivity index (χ2n) is 16.8. The summed E-state index contributed by atoms with van der Waals surface area (Å²) in [6, 6.07) is -4.72. The van der Waals surface area contributed by atoms with E-state index in [1.807, 2.05) is 13.8 Å². The molecule has 0 radical (unpaired) electrons. The third-order valence-corrected chi connectivity index (χ3v) is 10.4. The van der Waals surface area contributed by atoms with Crippen LogP contribution in [0.4, 0.5) is 0 Å². The number of aromatic hydroxyl groups is 1. The average molecular weight is 874 g/mol. The van der Waals surface area contributed by atoms with Gasteiger partial charge in [0.05, 0.1) is 31.2 Å². The first kappa shape index (κ1) is 50.5. The molecule has 0 aliphatic carbocycles. The predicted octanol–water partition coefficient (Wildman–Crippen LogP) is -2.48. The van der Waals surface area contributed by atoms with Crippen molar-refractivity contribution in [1.29, 1.82) is 0 Å². The van der Waals surface area contributed by atoms with Gasteiger partial charge in [-0.3, -0.25) is 48.1 Å². The first-order chi connectivity index (χ1) is 29.1. The molecule has 0 spiro atoms. The normalized spacial score (nSPS) is 27.3. The maximum Gasteiger partial charge on any atom is 0.305 e. The highest BCUT2D eigenvalue weighted by Gasteiger charge is 2.43. The van der Waals surface area contributed by atoms with Crippen LogP contribution < -0.4 is 42.5 Å². The van der Waals surface area contributed by atoms with Crippen LogP contribution in [0.2, 0.25) is 0 Å². The maximum atomic E-state index is 14.2. The fourth-order valence-electron chi connectivity index (χ4n) is 7.18. The van der Waals surface area contributed by atoms with E-state index in [-0.39, 0.29) is 49.9 Å². The van der Waals surface area contributed by atoms with Crippen LogP contribution in [-0.2, 0) is 49.6 Å². The predicted molar refractivity (Wildman–Crippen MR) is 223 cm³/mol. The van der Waals surface area contributed by atoms with Crippen LogP contribution in [-0.4, -0.2) is 148 Å². The summed E-state index contributed by atoms with van der Waals surface area (Å²) in [6.07, 6.45) is -1.90. The number of phenolic OH excluding ortho intramolecular Hbond substituents is 1. The van der Waals surface area contributed by atoms with E-state index in [2.05, 4.69) is 42.5 Å². The number of aliphatic hydroxyl groups is 1. The summed E-state index contributed by atoms with van der Waals surface area (Å²) < 4.78 is 0.